The van der Waals surface area contributed by atoms with E-state index in [1.54, 1.807) is 24.3 Å². The highest BCUT2D eigenvalue weighted by atomic mass is 35.5. The molecule has 10 heteroatoms. The van der Waals surface area contributed by atoms with Crippen LogP contribution in [0.2, 0.25) is 10.0 Å². The minimum atomic E-state index is -0.475. The average Bonchev–Trinajstić information content (AvgIpc) is 3.28. The highest BCUT2D eigenvalue weighted by Gasteiger charge is 2.19. The number of methoxy groups -OCH3 is 1. The van der Waals surface area contributed by atoms with E-state index in [2.05, 4.69) is 20.5 Å². The van der Waals surface area contributed by atoms with Crippen molar-refractivity contribution in [3.05, 3.63) is 82.5 Å². The lowest BCUT2D eigenvalue weighted by molar-refractivity contribution is 0.102. The predicted molar refractivity (Wildman–Crippen MR) is 116 cm³/mol. The molecule has 156 valence electrons. The third-order valence-electron chi connectivity index (χ3n) is 4.39. The number of nitrogens with zero attached hydrogens (tertiary/aromatic N) is 4. The average molecular weight is 458 g/mol. The monoisotopic (exact) mass is 457 g/mol. The quantitative estimate of drug-likeness (QED) is 0.454. The van der Waals surface area contributed by atoms with Gasteiger partial charge in [0.25, 0.3) is 5.91 Å². The Hall–Kier alpha value is -3.49. The van der Waals surface area contributed by atoms with E-state index in [1.165, 1.54) is 48.7 Å². The van der Waals surface area contributed by atoms with Crippen LogP contribution in [0.25, 0.3) is 16.9 Å². The first kappa shape index (κ1) is 20.8. The van der Waals surface area contributed by atoms with E-state index in [0.29, 0.717) is 28.4 Å². The van der Waals surface area contributed by atoms with Gasteiger partial charge in [-0.15, -0.1) is 4.80 Å². The number of pyridine rings is 1. The molecule has 0 atom stereocenters. The molecule has 0 aliphatic rings. The molecule has 2 aromatic heterocycles. The van der Waals surface area contributed by atoms with E-state index in [0.717, 1.165) is 0 Å². The van der Waals surface area contributed by atoms with Crippen molar-refractivity contribution in [3.63, 3.8) is 0 Å². The van der Waals surface area contributed by atoms with E-state index in [1.807, 2.05) is 0 Å². The maximum absolute atomic E-state index is 13.2. The largest absolute Gasteiger partial charge is 0.495 e. The van der Waals surface area contributed by atoms with E-state index in [-0.39, 0.29) is 21.4 Å². The van der Waals surface area contributed by atoms with Crippen LogP contribution in [0, 0.1) is 5.82 Å². The number of benzene rings is 2. The van der Waals surface area contributed by atoms with Gasteiger partial charge in [-0.3, -0.25) is 4.79 Å². The second-order valence-corrected chi connectivity index (χ2v) is 7.10. The first-order valence-electron chi connectivity index (χ1n) is 8.94. The van der Waals surface area contributed by atoms with Gasteiger partial charge in [-0.05, 0) is 35.9 Å². The van der Waals surface area contributed by atoms with Crippen molar-refractivity contribution in [1.29, 1.82) is 0 Å². The van der Waals surface area contributed by atoms with Gasteiger partial charge in [-0.2, -0.15) is 10.2 Å². The minimum Gasteiger partial charge on any atom is -0.495 e. The summed E-state index contributed by atoms with van der Waals surface area (Å²) in [5.41, 5.74) is 1.89. The first-order chi connectivity index (χ1) is 15.0. The summed E-state index contributed by atoms with van der Waals surface area (Å²) in [5.74, 6) is -0.201. The number of rotatable bonds is 5. The van der Waals surface area contributed by atoms with Gasteiger partial charge in [-0.25, -0.2) is 9.37 Å². The Morgan fingerprint density at radius 2 is 1.81 bits per heavy atom. The van der Waals surface area contributed by atoms with Gasteiger partial charge in [0.1, 0.15) is 11.6 Å². The number of aromatic nitrogens is 4. The van der Waals surface area contributed by atoms with Crippen LogP contribution in [-0.2, 0) is 0 Å². The second kappa shape index (κ2) is 8.71. The number of carbonyl (C=O) groups excluding carboxylic acids is 1. The molecule has 0 saturated heterocycles. The third-order valence-corrected chi connectivity index (χ3v) is 5.04. The lowest BCUT2D eigenvalue weighted by Crippen LogP contribution is -2.14. The smallest absolute Gasteiger partial charge is 0.257 e. The molecule has 0 spiro atoms. The first-order valence-corrected chi connectivity index (χ1v) is 9.69. The number of anilines is 1. The van der Waals surface area contributed by atoms with Gasteiger partial charge >= 0.3 is 0 Å². The SMILES string of the molecule is COc1c(-c2ccc(F)cc2)ccc(C(=O)Nc2cnc(-n3nccn3)c(Cl)c2)c1Cl. The predicted octanol–water partition coefficient (Wildman–Crippen LogP) is 5.04. The maximum Gasteiger partial charge on any atom is 0.257 e. The van der Waals surface area contributed by atoms with Crippen molar-refractivity contribution in [2.45, 2.75) is 0 Å². The van der Waals surface area contributed by atoms with Crippen LogP contribution < -0.4 is 10.1 Å². The third kappa shape index (κ3) is 4.21. The number of halogens is 3. The molecule has 31 heavy (non-hydrogen) atoms. The molecule has 0 aliphatic heterocycles. The fourth-order valence-electron chi connectivity index (χ4n) is 2.96. The zero-order valence-corrected chi connectivity index (χ0v) is 17.5. The molecule has 2 heterocycles. The van der Waals surface area contributed by atoms with Gasteiger partial charge in [-0.1, -0.05) is 35.3 Å². The van der Waals surface area contributed by atoms with Crippen molar-refractivity contribution in [3.8, 4) is 22.7 Å². The van der Waals surface area contributed by atoms with Gasteiger partial charge in [0.15, 0.2) is 5.82 Å². The second-order valence-electron chi connectivity index (χ2n) is 6.32. The Kier molecular flexibility index (Phi) is 5.83. The zero-order valence-electron chi connectivity index (χ0n) is 16.0. The molecule has 1 amide bonds. The van der Waals surface area contributed by atoms with Gasteiger partial charge in [0, 0.05) is 5.56 Å². The van der Waals surface area contributed by atoms with E-state index in [4.69, 9.17) is 27.9 Å². The molecular formula is C21H14Cl2FN5O2. The molecular weight excluding hydrogens is 444 g/mol. The molecule has 0 saturated carbocycles. The molecule has 4 aromatic rings. The summed E-state index contributed by atoms with van der Waals surface area (Å²) in [6, 6.07) is 10.7. The molecule has 7 nitrogen and oxygen atoms in total. The lowest BCUT2D eigenvalue weighted by Gasteiger charge is -2.14. The van der Waals surface area contributed by atoms with Gasteiger partial charge < -0.3 is 10.1 Å². The Balaban J connectivity index is 1.61. The van der Waals surface area contributed by atoms with E-state index in [9.17, 15) is 9.18 Å². The van der Waals surface area contributed by atoms with Gasteiger partial charge in [0.2, 0.25) is 0 Å². The summed E-state index contributed by atoms with van der Waals surface area (Å²) in [6.45, 7) is 0. The number of hydrogen-bond acceptors (Lipinski definition) is 5. The normalized spacial score (nSPS) is 10.7. The molecule has 0 unspecified atom stereocenters. The molecule has 1 N–H and O–H groups in total. The van der Waals surface area contributed by atoms with Crippen molar-refractivity contribution in [1.82, 2.24) is 20.0 Å². The van der Waals surface area contributed by atoms with Gasteiger partial charge in [0.05, 0.1) is 47.0 Å². The van der Waals surface area contributed by atoms with Crippen LogP contribution in [0.3, 0.4) is 0 Å². The summed E-state index contributed by atoms with van der Waals surface area (Å²) in [6.07, 6.45) is 4.43. The van der Waals surface area contributed by atoms with Crippen LogP contribution >= 0.6 is 23.2 Å². The van der Waals surface area contributed by atoms with Crippen LogP contribution in [0.15, 0.2) is 61.1 Å². The maximum atomic E-state index is 13.2. The Morgan fingerprint density at radius 1 is 1.10 bits per heavy atom. The molecule has 0 radical (unpaired) electrons. The van der Waals surface area contributed by atoms with Crippen LogP contribution in [0.1, 0.15) is 10.4 Å². The van der Waals surface area contributed by atoms with Crippen molar-refractivity contribution < 1.29 is 13.9 Å². The minimum absolute atomic E-state index is 0.123. The summed E-state index contributed by atoms with van der Waals surface area (Å²) in [5, 5.41) is 11.0. The topological polar surface area (TPSA) is 81.9 Å². The standard InChI is InChI=1S/C21H14Cl2FN5O2/c1-31-19-15(12-2-4-13(24)5-3-12)6-7-16(18(19)23)21(30)28-14-10-17(22)20(25-11-14)29-26-8-9-27-29/h2-11H,1H3,(H,28,30). The zero-order chi connectivity index (χ0) is 22.0. The Bertz CT molecular complexity index is 1250. The highest BCUT2D eigenvalue weighted by Crippen LogP contribution is 2.38. The number of nitrogens with one attached hydrogen (secondary N) is 1. The van der Waals surface area contributed by atoms with E-state index >= 15 is 0 Å². The fourth-order valence-corrected chi connectivity index (χ4v) is 3.53. The highest BCUT2D eigenvalue weighted by molar-refractivity contribution is 6.36. The Morgan fingerprint density at radius 3 is 2.45 bits per heavy atom. The van der Waals surface area contributed by atoms with Crippen molar-refractivity contribution in [2.24, 2.45) is 0 Å². The summed E-state index contributed by atoms with van der Waals surface area (Å²) < 4.78 is 18.7. The molecule has 0 fully saturated rings. The molecule has 4 rings (SSSR count). The molecule has 2 aromatic carbocycles. The lowest BCUT2D eigenvalue weighted by atomic mass is 10.0. The number of hydrogen-bond donors (Lipinski definition) is 1. The molecule has 0 bridgehead atoms. The Labute approximate surface area is 186 Å². The molecule has 0 aliphatic carbocycles. The van der Waals surface area contributed by atoms with E-state index < -0.39 is 5.91 Å². The van der Waals surface area contributed by atoms with Crippen molar-refractivity contribution in [2.75, 3.05) is 12.4 Å². The summed E-state index contributed by atoms with van der Waals surface area (Å²) in [4.78, 5) is 18.3. The van der Waals surface area contributed by atoms with Crippen molar-refractivity contribution >= 4 is 34.8 Å². The number of ether oxygens (including phenoxy) is 1. The van der Waals surface area contributed by atoms with Crippen LogP contribution in [0.5, 0.6) is 5.75 Å². The summed E-state index contributed by atoms with van der Waals surface area (Å²) >= 11 is 12.7. The number of amides is 1. The number of carbonyl (C=O) groups is 1. The van der Waals surface area contributed by atoms with Crippen LogP contribution in [-0.4, -0.2) is 33.0 Å². The summed E-state index contributed by atoms with van der Waals surface area (Å²) in [7, 11) is 1.45. The fraction of sp³-hybridized carbons (Fsp3) is 0.0476. The van der Waals surface area contributed by atoms with Crippen LogP contribution in [0.4, 0.5) is 10.1 Å².